The van der Waals surface area contributed by atoms with E-state index in [9.17, 15) is 4.79 Å². The lowest BCUT2D eigenvalue weighted by Crippen LogP contribution is -2.35. The Morgan fingerprint density at radius 3 is 2.78 bits per heavy atom. The summed E-state index contributed by atoms with van der Waals surface area (Å²) in [5.41, 5.74) is 1.22. The van der Waals surface area contributed by atoms with Gasteiger partial charge in [-0.05, 0) is 31.0 Å². The zero-order chi connectivity index (χ0) is 12.8. The van der Waals surface area contributed by atoms with E-state index in [0.717, 1.165) is 25.3 Å². The highest BCUT2D eigenvalue weighted by Gasteiger charge is 2.19. The molecule has 0 aliphatic carbocycles. The van der Waals surface area contributed by atoms with Crippen molar-refractivity contribution in [1.29, 1.82) is 0 Å². The minimum Gasteiger partial charge on any atom is -0.494 e. The molecule has 1 aliphatic rings. The Morgan fingerprint density at radius 2 is 2.17 bits per heavy atom. The van der Waals surface area contributed by atoms with Crippen LogP contribution in [0.2, 0.25) is 0 Å². The van der Waals surface area contributed by atoms with Gasteiger partial charge < -0.3 is 15.4 Å². The fraction of sp³-hybridized carbons (Fsp3) is 0.500. The van der Waals surface area contributed by atoms with Gasteiger partial charge in [0.15, 0.2) is 0 Å². The van der Waals surface area contributed by atoms with Gasteiger partial charge in [-0.1, -0.05) is 12.1 Å². The summed E-state index contributed by atoms with van der Waals surface area (Å²) in [6, 6.07) is 8.38. The van der Waals surface area contributed by atoms with E-state index in [2.05, 4.69) is 22.8 Å². The van der Waals surface area contributed by atoms with Gasteiger partial charge in [-0.2, -0.15) is 0 Å². The molecule has 1 heterocycles. The second kappa shape index (κ2) is 6.40. The topological polar surface area (TPSA) is 50.4 Å². The number of carbonyl (C=O) groups is 1. The van der Waals surface area contributed by atoms with Gasteiger partial charge in [0.1, 0.15) is 5.75 Å². The molecule has 4 heteroatoms. The average molecular weight is 248 g/mol. The molecule has 0 saturated carbocycles. The second-order valence-corrected chi connectivity index (χ2v) is 4.51. The Hall–Kier alpha value is -1.55. The van der Waals surface area contributed by atoms with Crippen molar-refractivity contribution in [2.45, 2.75) is 32.4 Å². The maximum absolute atomic E-state index is 11.0. The fourth-order valence-electron chi connectivity index (χ4n) is 2.09. The third-order valence-corrected chi connectivity index (χ3v) is 3.04. The van der Waals surface area contributed by atoms with E-state index in [-0.39, 0.29) is 5.91 Å². The van der Waals surface area contributed by atoms with Crippen LogP contribution in [0.25, 0.3) is 0 Å². The number of benzene rings is 1. The molecule has 1 aliphatic heterocycles. The van der Waals surface area contributed by atoms with Crippen molar-refractivity contribution in [2.75, 3.05) is 13.2 Å². The van der Waals surface area contributed by atoms with Crippen molar-refractivity contribution in [3.05, 3.63) is 29.8 Å². The van der Waals surface area contributed by atoms with Crippen molar-refractivity contribution < 1.29 is 9.53 Å². The summed E-state index contributed by atoms with van der Waals surface area (Å²) in [6.07, 6.45) is 1.60. The smallest absolute Gasteiger partial charge is 0.220 e. The zero-order valence-corrected chi connectivity index (χ0v) is 10.7. The van der Waals surface area contributed by atoms with Crippen LogP contribution in [0.3, 0.4) is 0 Å². The third kappa shape index (κ3) is 3.74. The molecule has 1 aromatic rings. The average Bonchev–Trinajstić information content (AvgIpc) is 2.78. The standard InChI is InChI=1S/C14H20N2O2/c1-2-18-13-6-3-11(4-7-13)9-15-10-12-5-8-14(17)16-12/h3-4,6-7,12,15H,2,5,8-10H2,1H3,(H,16,17). The van der Waals surface area contributed by atoms with E-state index in [1.54, 1.807) is 0 Å². The summed E-state index contributed by atoms with van der Waals surface area (Å²) in [5, 5.41) is 6.30. The van der Waals surface area contributed by atoms with Gasteiger partial charge in [0.25, 0.3) is 0 Å². The number of nitrogens with one attached hydrogen (secondary N) is 2. The van der Waals surface area contributed by atoms with Gasteiger partial charge in [0.05, 0.1) is 6.61 Å². The summed E-state index contributed by atoms with van der Waals surface area (Å²) in [6.45, 7) is 4.32. The molecule has 1 aromatic carbocycles. The number of hydrogen-bond acceptors (Lipinski definition) is 3. The SMILES string of the molecule is CCOc1ccc(CNCC2CCC(=O)N2)cc1. The number of hydrogen-bond donors (Lipinski definition) is 2. The molecule has 98 valence electrons. The minimum atomic E-state index is 0.169. The summed E-state index contributed by atoms with van der Waals surface area (Å²) in [7, 11) is 0. The van der Waals surface area contributed by atoms with Gasteiger partial charge in [-0.15, -0.1) is 0 Å². The lowest BCUT2D eigenvalue weighted by atomic mass is 10.2. The largest absolute Gasteiger partial charge is 0.494 e. The van der Waals surface area contributed by atoms with Crippen LogP contribution in [0.15, 0.2) is 24.3 Å². The van der Waals surface area contributed by atoms with Gasteiger partial charge in [0.2, 0.25) is 5.91 Å². The summed E-state index contributed by atoms with van der Waals surface area (Å²) >= 11 is 0. The van der Waals surface area contributed by atoms with Crippen molar-refractivity contribution in [3.63, 3.8) is 0 Å². The van der Waals surface area contributed by atoms with Gasteiger partial charge in [-0.3, -0.25) is 4.79 Å². The molecule has 0 spiro atoms. The lowest BCUT2D eigenvalue weighted by Gasteiger charge is -2.11. The highest BCUT2D eigenvalue weighted by Crippen LogP contribution is 2.12. The van der Waals surface area contributed by atoms with Gasteiger partial charge >= 0.3 is 0 Å². The zero-order valence-electron chi connectivity index (χ0n) is 10.7. The molecular formula is C14H20N2O2. The first-order valence-corrected chi connectivity index (χ1v) is 6.49. The lowest BCUT2D eigenvalue weighted by molar-refractivity contribution is -0.119. The molecule has 2 N–H and O–H groups in total. The molecule has 4 nitrogen and oxygen atoms in total. The Bertz CT molecular complexity index is 389. The quantitative estimate of drug-likeness (QED) is 0.801. The first-order chi connectivity index (χ1) is 8.78. The van der Waals surface area contributed by atoms with Crippen LogP contribution in [-0.2, 0) is 11.3 Å². The third-order valence-electron chi connectivity index (χ3n) is 3.04. The Labute approximate surface area is 108 Å². The molecule has 0 radical (unpaired) electrons. The molecule has 0 bridgehead atoms. The first kappa shape index (κ1) is 12.9. The van der Waals surface area contributed by atoms with Crippen LogP contribution >= 0.6 is 0 Å². The fourth-order valence-corrected chi connectivity index (χ4v) is 2.09. The first-order valence-electron chi connectivity index (χ1n) is 6.49. The number of carbonyl (C=O) groups excluding carboxylic acids is 1. The van der Waals surface area contributed by atoms with Crippen LogP contribution in [-0.4, -0.2) is 25.1 Å². The van der Waals surface area contributed by atoms with Gasteiger partial charge in [0, 0.05) is 25.6 Å². The molecule has 1 saturated heterocycles. The highest BCUT2D eigenvalue weighted by atomic mass is 16.5. The van der Waals surface area contributed by atoms with Crippen molar-refractivity contribution in [2.24, 2.45) is 0 Å². The number of rotatable bonds is 6. The molecule has 1 unspecified atom stereocenters. The van der Waals surface area contributed by atoms with Crippen molar-refractivity contribution in [1.82, 2.24) is 10.6 Å². The van der Waals surface area contributed by atoms with E-state index < -0.39 is 0 Å². The molecule has 0 aromatic heterocycles. The normalized spacial score (nSPS) is 18.7. The van der Waals surface area contributed by atoms with Crippen LogP contribution in [0.5, 0.6) is 5.75 Å². The van der Waals surface area contributed by atoms with Crippen molar-refractivity contribution >= 4 is 5.91 Å². The highest BCUT2D eigenvalue weighted by molar-refractivity contribution is 5.78. The molecule has 1 atom stereocenters. The van der Waals surface area contributed by atoms with E-state index in [1.165, 1.54) is 5.56 Å². The van der Waals surface area contributed by atoms with Gasteiger partial charge in [-0.25, -0.2) is 0 Å². The molecule has 1 fully saturated rings. The van der Waals surface area contributed by atoms with E-state index in [1.807, 2.05) is 19.1 Å². The Balaban J connectivity index is 1.71. The minimum absolute atomic E-state index is 0.169. The number of amides is 1. The Morgan fingerprint density at radius 1 is 1.39 bits per heavy atom. The molecular weight excluding hydrogens is 228 g/mol. The van der Waals surface area contributed by atoms with Crippen molar-refractivity contribution in [3.8, 4) is 5.75 Å². The predicted octanol–water partition coefficient (Wildman–Crippen LogP) is 1.45. The summed E-state index contributed by atoms with van der Waals surface area (Å²) in [4.78, 5) is 11.0. The molecule has 1 amide bonds. The summed E-state index contributed by atoms with van der Waals surface area (Å²) in [5.74, 6) is 1.08. The predicted molar refractivity (Wildman–Crippen MR) is 70.5 cm³/mol. The Kier molecular flexibility index (Phi) is 4.59. The monoisotopic (exact) mass is 248 g/mol. The van der Waals surface area contributed by atoms with Crippen LogP contribution in [0.4, 0.5) is 0 Å². The number of ether oxygens (including phenoxy) is 1. The maximum Gasteiger partial charge on any atom is 0.220 e. The van der Waals surface area contributed by atoms with Crippen LogP contribution in [0, 0.1) is 0 Å². The van der Waals surface area contributed by atoms with E-state index in [4.69, 9.17) is 4.74 Å². The van der Waals surface area contributed by atoms with Crippen LogP contribution < -0.4 is 15.4 Å². The summed E-state index contributed by atoms with van der Waals surface area (Å²) < 4.78 is 5.39. The second-order valence-electron chi connectivity index (χ2n) is 4.51. The van der Waals surface area contributed by atoms with E-state index >= 15 is 0 Å². The van der Waals surface area contributed by atoms with Crippen LogP contribution in [0.1, 0.15) is 25.3 Å². The molecule has 18 heavy (non-hydrogen) atoms. The van der Waals surface area contributed by atoms with E-state index in [0.29, 0.717) is 19.1 Å². The molecule has 2 rings (SSSR count). The maximum atomic E-state index is 11.0.